The van der Waals surface area contributed by atoms with Crippen molar-refractivity contribution >= 4 is 0 Å². The largest absolute Gasteiger partial charge is 0.328 e. The average Bonchev–Trinajstić information content (AvgIpc) is 2.80. The minimum Gasteiger partial charge on any atom is -0.328 e. The predicted octanol–water partition coefficient (Wildman–Crippen LogP) is 0.698. The van der Waals surface area contributed by atoms with Crippen LogP contribution in [0.3, 0.4) is 0 Å². The Bertz CT molecular complexity index is 497. The molecule has 2 aromatic rings. The van der Waals surface area contributed by atoms with Crippen molar-refractivity contribution in [2.45, 2.75) is 6.04 Å². The second-order valence-corrected chi connectivity index (χ2v) is 3.30. The molecule has 5 nitrogen and oxygen atoms in total. The van der Waals surface area contributed by atoms with Gasteiger partial charge in [0, 0.05) is 31.3 Å². The van der Waals surface area contributed by atoms with Crippen molar-refractivity contribution < 1.29 is 0 Å². The molecule has 0 aliphatic carbocycles. The van der Waals surface area contributed by atoms with Gasteiger partial charge in [0.15, 0.2) is 0 Å². The molecule has 16 heavy (non-hydrogen) atoms. The van der Waals surface area contributed by atoms with E-state index in [0.717, 1.165) is 5.56 Å². The van der Waals surface area contributed by atoms with Crippen molar-refractivity contribution in [1.82, 2.24) is 14.5 Å². The fourth-order valence-corrected chi connectivity index (χ4v) is 1.65. The summed E-state index contributed by atoms with van der Waals surface area (Å²) in [7, 11) is 0. The van der Waals surface area contributed by atoms with Crippen molar-refractivity contribution in [2.24, 2.45) is 5.73 Å². The molecule has 2 aromatic heterocycles. The Labute approximate surface area is 93.2 Å². The Kier molecular flexibility index (Phi) is 2.94. The number of nitriles is 1. The summed E-state index contributed by atoms with van der Waals surface area (Å²) in [5, 5.41) is 8.91. The van der Waals surface area contributed by atoms with Gasteiger partial charge in [0.2, 0.25) is 5.82 Å². The first kappa shape index (κ1) is 10.3. The molecule has 0 aromatic carbocycles. The highest BCUT2D eigenvalue weighted by Crippen LogP contribution is 2.17. The van der Waals surface area contributed by atoms with E-state index >= 15 is 0 Å². The zero-order valence-electron chi connectivity index (χ0n) is 8.61. The Balaban J connectivity index is 2.42. The van der Waals surface area contributed by atoms with Crippen LogP contribution in [0.4, 0.5) is 0 Å². The fourth-order valence-electron chi connectivity index (χ4n) is 1.65. The number of nitrogens with zero attached hydrogens (tertiary/aromatic N) is 4. The molecule has 0 fully saturated rings. The van der Waals surface area contributed by atoms with Gasteiger partial charge in [0.1, 0.15) is 6.07 Å². The van der Waals surface area contributed by atoms with Crippen molar-refractivity contribution in [3.05, 3.63) is 48.3 Å². The molecule has 1 atom stereocenters. The van der Waals surface area contributed by atoms with Crippen LogP contribution in [0.15, 0.2) is 36.9 Å². The summed E-state index contributed by atoms with van der Waals surface area (Å²) in [6.45, 7) is 0.412. The first-order valence-electron chi connectivity index (χ1n) is 4.89. The summed E-state index contributed by atoms with van der Waals surface area (Å²) in [6, 6.07) is 5.75. The second-order valence-electron chi connectivity index (χ2n) is 3.30. The fraction of sp³-hybridized carbons (Fsp3) is 0.182. The van der Waals surface area contributed by atoms with Crippen molar-refractivity contribution in [3.8, 4) is 6.07 Å². The first-order valence-corrected chi connectivity index (χ1v) is 4.89. The molecule has 1 unspecified atom stereocenters. The minimum absolute atomic E-state index is 0.0693. The predicted molar refractivity (Wildman–Crippen MR) is 58.4 cm³/mol. The Hall–Kier alpha value is -2.19. The van der Waals surface area contributed by atoms with E-state index in [4.69, 9.17) is 11.0 Å². The molecular formula is C11H11N5. The van der Waals surface area contributed by atoms with Crippen LogP contribution < -0.4 is 5.73 Å². The van der Waals surface area contributed by atoms with Gasteiger partial charge in [0.05, 0.1) is 6.04 Å². The number of pyridine rings is 1. The summed E-state index contributed by atoms with van der Waals surface area (Å²) in [5.74, 6) is 0.368. The first-order chi connectivity index (χ1) is 7.86. The summed E-state index contributed by atoms with van der Waals surface area (Å²) >= 11 is 0. The topological polar surface area (TPSA) is 80.5 Å². The Morgan fingerprint density at radius 1 is 1.38 bits per heavy atom. The van der Waals surface area contributed by atoms with Gasteiger partial charge in [-0.15, -0.1) is 0 Å². The van der Waals surface area contributed by atoms with Crippen LogP contribution in [0.5, 0.6) is 0 Å². The molecule has 0 spiro atoms. The maximum absolute atomic E-state index is 8.91. The van der Waals surface area contributed by atoms with E-state index in [2.05, 4.69) is 9.97 Å². The van der Waals surface area contributed by atoms with Crippen molar-refractivity contribution in [1.29, 1.82) is 5.26 Å². The lowest BCUT2D eigenvalue weighted by atomic mass is 10.1. The normalized spacial score (nSPS) is 12.0. The van der Waals surface area contributed by atoms with Gasteiger partial charge in [-0.05, 0) is 17.7 Å². The number of hydrogen-bond donors (Lipinski definition) is 1. The molecule has 2 N–H and O–H groups in total. The van der Waals surface area contributed by atoms with E-state index in [9.17, 15) is 0 Å². The molecule has 0 aliphatic heterocycles. The smallest absolute Gasteiger partial charge is 0.213 e. The van der Waals surface area contributed by atoms with Crippen LogP contribution in [-0.4, -0.2) is 21.1 Å². The third-order valence-corrected chi connectivity index (χ3v) is 2.42. The second kappa shape index (κ2) is 4.55. The molecule has 0 bridgehead atoms. The molecule has 0 saturated carbocycles. The molecule has 0 radical (unpaired) electrons. The number of nitrogens with two attached hydrogens (primary N) is 1. The number of rotatable bonds is 3. The van der Waals surface area contributed by atoms with E-state index < -0.39 is 0 Å². The van der Waals surface area contributed by atoms with Gasteiger partial charge in [0.25, 0.3) is 0 Å². The van der Waals surface area contributed by atoms with E-state index in [0.29, 0.717) is 12.4 Å². The molecule has 80 valence electrons. The Morgan fingerprint density at radius 2 is 2.12 bits per heavy atom. The SMILES string of the molecule is N#Cc1nccn1C(CN)c1ccncc1. The maximum atomic E-state index is 8.91. The lowest BCUT2D eigenvalue weighted by Gasteiger charge is -2.17. The monoisotopic (exact) mass is 213 g/mol. The molecule has 2 rings (SSSR count). The van der Waals surface area contributed by atoms with Crippen LogP contribution in [0, 0.1) is 11.3 Å². The van der Waals surface area contributed by atoms with Crippen molar-refractivity contribution in [2.75, 3.05) is 6.54 Å². The maximum Gasteiger partial charge on any atom is 0.213 e. The zero-order chi connectivity index (χ0) is 11.4. The number of aromatic nitrogens is 3. The van der Waals surface area contributed by atoms with Crippen LogP contribution in [0.2, 0.25) is 0 Å². The summed E-state index contributed by atoms with van der Waals surface area (Å²) in [5.41, 5.74) is 6.76. The number of hydrogen-bond acceptors (Lipinski definition) is 4. The highest BCUT2D eigenvalue weighted by atomic mass is 15.1. The average molecular weight is 213 g/mol. The van der Waals surface area contributed by atoms with Crippen LogP contribution in [0.25, 0.3) is 0 Å². The van der Waals surface area contributed by atoms with Crippen molar-refractivity contribution in [3.63, 3.8) is 0 Å². The lowest BCUT2D eigenvalue weighted by Crippen LogP contribution is -2.21. The molecule has 0 aliphatic rings. The van der Waals surface area contributed by atoms with Gasteiger partial charge in [-0.25, -0.2) is 4.98 Å². The molecule has 0 amide bonds. The quantitative estimate of drug-likeness (QED) is 0.813. The van der Waals surface area contributed by atoms with E-state index in [1.54, 1.807) is 29.4 Å². The van der Waals surface area contributed by atoms with Gasteiger partial charge >= 0.3 is 0 Å². The zero-order valence-corrected chi connectivity index (χ0v) is 8.61. The summed E-state index contributed by atoms with van der Waals surface area (Å²) < 4.78 is 1.77. The third-order valence-electron chi connectivity index (χ3n) is 2.42. The molecule has 2 heterocycles. The Morgan fingerprint density at radius 3 is 2.75 bits per heavy atom. The minimum atomic E-state index is -0.0693. The van der Waals surface area contributed by atoms with E-state index in [1.165, 1.54) is 0 Å². The number of imidazole rings is 1. The van der Waals surface area contributed by atoms with E-state index in [-0.39, 0.29) is 6.04 Å². The van der Waals surface area contributed by atoms with Crippen LogP contribution in [0.1, 0.15) is 17.4 Å². The molecule has 5 heteroatoms. The lowest BCUT2D eigenvalue weighted by molar-refractivity contribution is 0.587. The highest BCUT2D eigenvalue weighted by Gasteiger charge is 2.14. The highest BCUT2D eigenvalue weighted by molar-refractivity contribution is 5.21. The van der Waals surface area contributed by atoms with Gasteiger partial charge in [-0.1, -0.05) is 0 Å². The third kappa shape index (κ3) is 1.78. The molecule has 0 saturated heterocycles. The van der Waals surface area contributed by atoms with E-state index in [1.807, 2.05) is 18.2 Å². The summed E-state index contributed by atoms with van der Waals surface area (Å²) in [6.07, 6.45) is 6.78. The standard InChI is InChI=1S/C11H11N5/c12-7-10(9-1-3-14-4-2-9)16-6-5-15-11(16)8-13/h1-6,10H,7,12H2. The molecular weight excluding hydrogens is 202 g/mol. The summed E-state index contributed by atoms with van der Waals surface area (Å²) in [4.78, 5) is 7.91. The van der Waals surface area contributed by atoms with Crippen LogP contribution in [-0.2, 0) is 0 Å². The van der Waals surface area contributed by atoms with Gasteiger partial charge in [-0.2, -0.15) is 5.26 Å². The van der Waals surface area contributed by atoms with Gasteiger partial charge < -0.3 is 10.3 Å². The van der Waals surface area contributed by atoms with Gasteiger partial charge in [-0.3, -0.25) is 4.98 Å². The van der Waals surface area contributed by atoms with Crippen LogP contribution >= 0.6 is 0 Å².